The number of hydrogen-bond acceptors (Lipinski definition) is 5. The first-order chi connectivity index (χ1) is 14.4. The van der Waals surface area contributed by atoms with Crippen molar-refractivity contribution >= 4 is 27.3 Å². The van der Waals surface area contributed by atoms with Gasteiger partial charge in [0, 0.05) is 23.0 Å². The minimum absolute atomic E-state index is 0.0631. The third-order valence-corrected chi connectivity index (χ3v) is 6.00. The zero-order chi connectivity index (χ0) is 21.1. The van der Waals surface area contributed by atoms with Gasteiger partial charge in [-0.3, -0.25) is 9.52 Å². The van der Waals surface area contributed by atoms with Crippen molar-refractivity contribution in [1.29, 1.82) is 0 Å². The molecule has 4 rings (SSSR count). The van der Waals surface area contributed by atoms with Gasteiger partial charge in [0.1, 0.15) is 13.2 Å². The zero-order valence-electron chi connectivity index (χ0n) is 16.2. The summed E-state index contributed by atoms with van der Waals surface area (Å²) in [6, 6.07) is 18.2. The molecule has 2 N–H and O–H groups in total. The molecule has 8 heteroatoms. The Bertz CT molecular complexity index is 1190. The Hall–Kier alpha value is -3.52. The highest BCUT2D eigenvalue weighted by molar-refractivity contribution is 7.92. The van der Waals surface area contributed by atoms with Crippen LogP contribution in [0.15, 0.2) is 71.6 Å². The van der Waals surface area contributed by atoms with Crippen LogP contribution < -0.4 is 19.5 Å². The molecule has 0 aliphatic carbocycles. The van der Waals surface area contributed by atoms with Gasteiger partial charge in [-0.1, -0.05) is 18.2 Å². The van der Waals surface area contributed by atoms with Crippen molar-refractivity contribution in [2.24, 2.45) is 0 Å². The van der Waals surface area contributed by atoms with Gasteiger partial charge in [-0.15, -0.1) is 0 Å². The highest BCUT2D eigenvalue weighted by Gasteiger charge is 2.19. The number of fused-ring (bicyclic) bond motifs is 1. The molecule has 154 valence electrons. The number of para-hydroxylation sites is 1. The van der Waals surface area contributed by atoms with Crippen molar-refractivity contribution in [3.8, 4) is 11.5 Å². The van der Waals surface area contributed by atoms with E-state index >= 15 is 0 Å². The Morgan fingerprint density at radius 3 is 2.33 bits per heavy atom. The Labute approximate surface area is 174 Å². The molecule has 0 saturated heterocycles. The zero-order valence-corrected chi connectivity index (χ0v) is 17.0. The summed E-state index contributed by atoms with van der Waals surface area (Å²) in [4.78, 5) is 12.5. The molecular weight excluding hydrogens is 404 g/mol. The molecule has 0 radical (unpaired) electrons. The molecule has 3 aromatic rings. The smallest absolute Gasteiger partial charge is 0.262 e. The SMILES string of the molecule is Cc1ccccc1NC(=O)c1ccc(NS(=O)(=O)c2ccc3c(c2)OCCO3)cc1. The van der Waals surface area contributed by atoms with Crippen molar-refractivity contribution < 1.29 is 22.7 Å². The second-order valence-corrected chi connectivity index (χ2v) is 8.44. The van der Waals surface area contributed by atoms with E-state index in [1.165, 1.54) is 12.1 Å². The molecule has 0 spiro atoms. The van der Waals surface area contributed by atoms with E-state index in [-0.39, 0.29) is 10.8 Å². The minimum Gasteiger partial charge on any atom is -0.486 e. The number of carbonyl (C=O) groups is 1. The molecule has 30 heavy (non-hydrogen) atoms. The molecule has 0 atom stereocenters. The molecule has 0 aromatic heterocycles. The number of nitrogens with one attached hydrogen (secondary N) is 2. The molecule has 0 fully saturated rings. The molecular formula is C22H20N2O5S. The lowest BCUT2D eigenvalue weighted by Crippen LogP contribution is -2.17. The molecule has 7 nitrogen and oxygen atoms in total. The number of benzene rings is 3. The molecule has 1 aliphatic heterocycles. The first-order valence-electron chi connectivity index (χ1n) is 9.32. The molecule has 0 unspecified atom stereocenters. The summed E-state index contributed by atoms with van der Waals surface area (Å²) >= 11 is 0. The van der Waals surface area contributed by atoms with Crippen LogP contribution in [0.2, 0.25) is 0 Å². The van der Waals surface area contributed by atoms with E-state index in [0.29, 0.717) is 36.0 Å². The Morgan fingerprint density at radius 2 is 1.60 bits per heavy atom. The number of anilines is 2. The number of amides is 1. The van der Waals surface area contributed by atoms with Gasteiger partial charge in [0.15, 0.2) is 11.5 Å². The highest BCUT2D eigenvalue weighted by atomic mass is 32.2. The Kier molecular flexibility index (Phi) is 5.33. The van der Waals surface area contributed by atoms with Crippen LogP contribution in [0.4, 0.5) is 11.4 Å². The van der Waals surface area contributed by atoms with Crippen LogP contribution in [0.1, 0.15) is 15.9 Å². The maximum Gasteiger partial charge on any atom is 0.262 e. The summed E-state index contributed by atoms with van der Waals surface area (Å²) in [6.45, 7) is 2.71. The summed E-state index contributed by atoms with van der Waals surface area (Å²) in [5.74, 6) is 0.641. The van der Waals surface area contributed by atoms with E-state index in [1.807, 2.05) is 31.2 Å². The minimum atomic E-state index is -3.82. The fourth-order valence-corrected chi connectivity index (χ4v) is 4.08. The van der Waals surface area contributed by atoms with Crippen LogP contribution in [-0.4, -0.2) is 27.5 Å². The van der Waals surface area contributed by atoms with E-state index in [1.54, 1.807) is 30.3 Å². The summed E-state index contributed by atoms with van der Waals surface area (Å²) in [5.41, 5.74) is 2.44. The second-order valence-electron chi connectivity index (χ2n) is 6.76. The van der Waals surface area contributed by atoms with E-state index in [4.69, 9.17) is 9.47 Å². The largest absolute Gasteiger partial charge is 0.486 e. The van der Waals surface area contributed by atoms with E-state index in [9.17, 15) is 13.2 Å². The van der Waals surface area contributed by atoms with Crippen LogP contribution in [0, 0.1) is 6.92 Å². The molecule has 3 aromatic carbocycles. The monoisotopic (exact) mass is 424 g/mol. The predicted molar refractivity (Wildman–Crippen MR) is 114 cm³/mol. The normalized spacial score (nSPS) is 12.8. The topological polar surface area (TPSA) is 93.7 Å². The van der Waals surface area contributed by atoms with Gasteiger partial charge in [0.05, 0.1) is 4.90 Å². The van der Waals surface area contributed by atoms with Gasteiger partial charge < -0.3 is 14.8 Å². The third-order valence-electron chi connectivity index (χ3n) is 4.62. The summed E-state index contributed by atoms with van der Waals surface area (Å²) < 4.78 is 38.8. The number of carbonyl (C=O) groups excluding carboxylic acids is 1. The number of aryl methyl sites for hydroxylation is 1. The number of hydrogen-bond donors (Lipinski definition) is 2. The van der Waals surface area contributed by atoms with Gasteiger partial charge in [0.2, 0.25) is 0 Å². The second kappa shape index (κ2) is 8.08. The molecule has 0 saturated carbocycles. The first-order valence-corrected chi connectivity index (χ1v) is 10.8. The lowest BCUT2D eigenvalue weighted by molar-refractivity contribution is 0.102. The maximum absolute atomic E-state index is 12.7. The van der Waals surface area contributed by atoms with Gasteiger partial charge in [-0.2, -0.15) is 0 Å². The maximum atomic E-state index is 12.7. The van der Waals surface area contributed by atoms with Crippen molar-refractivity contribution in [2.75, 3.05) is 23.3 Å². The number of rotatable bonds is 5. The highest BCUT2D eigenvalue weighted by Crippen LogP contribution is 2.32. The van der Waals surface area contributed by atoms with E-state index in [2.05, 4.69) is 10.0 Å². The van der Waals surface area contributed by atoms with E-state index < -0.39 is 10.0 Å². The molecule has 1 heterocycles. The van der Waals surface area contributed by atoms with Gasteiger partial charge in [-0.05, 0) is 55.0 Å². The van der Waals surface area contributed by atoms with Crippen LogP contribution >= 0.6 is 0 Å². The van der Waals surface area contributed by atoms with Gasteiger partial charge in [0.25, 0.3) is 15.9 Å². The summed E-state index contributed by atoms with van der Waals surface area (Å²) in [7, 11) is -3.82. The standard InChI is InChI=1S/C22H20N2O5S/c1-15-4-2-3-5-19(15)23-22(25)16-6-8-17(9-7-16)24-30(26,27)18-10-11-20-21(14-18)29-13-12-28-20/h2-11,14,24H,12-13H2,1H3,(H,23,25). The average molecular weight is 424 g/mol. The molecule has 1 aliphatic rings. The number of ether oxygens (including phenoxy) is 2. The van der Waals surface area contributed by atoms with Crippen LogP contribution in [0.25, 0.3) is 0 Å². The molecule has 1 amide bonds. The molecule has 0 bridgehead atoms. The number of sulfonamides is 1. The van der Waals surface area contributed by atoms with Crippen molar-refractivity contribution in [2.45, 2.75) is 11.8 Å². The first kappa shape index (κ1) is 19.8. The quantitative estimate of drug-likeness (QED) is 0.649. The predicted octanol–water partition coefficient (Wildman–Crippen LogP) is 3.82. The average Bonchev–Trinajstić information content (AvgIpc) is 2.75. The summed E-state index contributed by atoms with van der Waals surface area (Å²) in [6.07, 6.45) is 0. The fraction of sp³-hybridized carbons (Fsp3) is 0.136. The fourth-order valence-electron chi connectivity index (χ4n) is 3.00. The Morgan fingerprint density at radius 1 is 0.900 bits per heavy atom. The van der Waals surface area contributed by atoms with Gasteiger partial charge >= 0.3 is 0 Å². The van der Waals surface area contributed by atoms with Crippen LogP contribution in [0.5, 0.6) is 11.5 Å². The summed E-state index contributed by atoms with van der Waals surface area (Å²) in [5, 5.41) is 2.85. The lowest BCUT2D eigenvalue weighted by atomic mass is 10.1. The van der Waals surface area contributed by atoms with Crippen LogP contribution in [0.3, 0.4) is 0 Å². The van der Waals surface area contributed by atoms with Gasteiger partial charge in [-0.25, -0.2) is 8.42 Å². The van der Waals surface area contributed by atoms with E-state index in [0.717, 1.165) is 11.3 Å². The van der Waals surface area contributed by atoms with Crippen molar-refractivity contribution in [1.82, 2.24) is 0 Å². The Balaban J connectivity index is 1.47. The third kappa shape index (κ3) is 4.23. The van der Waals surface area contributed by atoms with Crippen molar-refractivity contribution in [3.63, 3.8) is 0 Å². The lowest BCUT2D eigenvalue weighted by Gasteiger charge is -2.19. The van der Waals surface area contributed by atoms with Crippen LogP contribution in [-0.2, 0) is 10.0 Å². The van der Waals surface area contributed by atoms with Crippen molar-refractivity contribution in [3.05, 3.63) is 77.9 Å².